The Morgan fingerprint density at radius 2 is 1.38 bits per heavy atom. The predicted octanol–water partition coefficient (Wildman–Crippen LogP) is -1.80. The van der Waals surface area contributed by atoms with Gasteiger partial charge in [0.2, 0.25) is 0 Å². The second kappa shape index (κ2) is 21.7. The van der Waals surface area contributed by atoms with E-state index in [4.69, 9.17) is 47.4 Å². The van der Waals surface area contributed by atoms with Gasteiger partial charge in [-0.2, -0.15) is 0 Å². The van der Waals surface area contributed by atoms with Crippen LogP contribution in [0.25, 0.3) is 0 Å². The van der Waals surface area contributed by atoms with Crippen molar-refractivity contribution in [2.24, 2.45) is 40.4 Å². The van der Waals surface area contributed by atoms with E-state index >= 15 is 0 Å². The number of ether oxygens (including phenoxy) is 10. The fraction of sp³-hybridized carbons (Fsp3) is 0.922. The molecular weight excluding hydrogens is 965 g/mol. The van der Waals surface area contributed by atoms with Crippen LogP contribution < -0.4 is 0 Å². The molecule has 5 aliphatic heterocycles. The number of allylic oxidation sites excluding steroid dienone is 1. The van der Waals surface area contributed by atoms with Crippen LogP contribution in [0.4, 0.5) is 0 Å². The highest BCUT2D eigenvalue weighted by molar-refractivity contribution is 5.29. The van der Waals surface area contributed by atoms with Crippen LogP contribution in [0, 0.1) is 40.4 Å². The molecule has 3 saturated carbocycles. The van der Waals surface area contributed by atoms with Crippen LogP contribution in [-0.4, -0.2) is 229 Å². The lowest BCUT2D eigenvalue weighted by atomic mass is 9.46. The number of fused-ring (bicyclic) bond motifs is 7. The monoisotopic (exact) mass is 1050 g/mol. The van der Waals surface area contributed by atoms with Crippen molar-refractivity contribution in [3.63, 3.8) is 0 Å². The Hall–Kier alpha value is -1.40. The Morgan fingerprint density at radius 1 is 0.726 bits per heavy atom. The maximum absolute atomic E-state index is 11.7. The van der Waals surface area contributed by atoms with Gasteiger partial charge < -0.3 is 109 Å². The van der Waals surface area contributed by atoms with Gasteiger partial charge in [0.1, 0.15) is 79.4 Å². The van der Waals surface area contributed by atoms with E-state index in [-0.39, 0.29) is 54.1 Å². The molecule has 0 spiro atoms. The van der Waals surface area contributed by atoms with Crippen molar-refractivity contribution >= 4 is 0 Å². The van der Waals surface area contributed by atoms with Gasteiger partial charge in [0.05, 0.1) is 50.3 Å². The van der Waals surface area contributed by atoms with Crippen molar-refractivity contribution in [1.82, 2.24) is 0 Å². The molecule has 12 N–H and O–H groups in total. The van der Waals surface area contributed by atoms with Crippen molar-refractivity contribution in [3.8, 4) is 0 Å². The summed E-state index contributed by atoms with van der Waals surface area (Å²) in [6, 6.07) is 0. The maximum atomic E-state index is 11.7. The van der Waals surface area contributed by atoms with Gasteiger partial charge in [-0.15, -0.1) is 0 Å². The standard InChI is InChI=1S/C51H82O22/c1-20(18-65-45-41(62)39(60)37(58)31(17-52)69-45)10-13-51(64-7)21(2)33-30(73-51)16-28-26-9-8-24-14-25(53)15-32(50(24,6)27(26)11-12-49(28,33)5)70-48-44(72-47-42(63)38(59)34(55)22(3)67-47)43(35(56)23(4)68-48)71-46-40(61)36(57)29(54)19-66-46/h8,21-23,25-48,52-63H,1,9-19H2,2-7H3. The molecular formula is C51H82O22. The third kappa shape index (κ3) is 9.86. The third-order valence-corrected chi connectivity index (χ3v) is 19.2. The van der Waals surface area contributed by atoms with Gasteiger partial charge in [-0.25, -0.2) is 0 Å². The molecule has 0 aromatic heterocycles. The van der Waals surface area contributed by atoms with Gasteiger partial charge in [0, 0.05) is 31.3 Å². The lowest BCUT2D eigenvalue weighted by Crippen LogP contribution is -2.66. The van der Waals surface area contributed by atoms with Crippen molar-refractivity contribution in [1.29, 1.82) is 0 Å². The van der Waals surface area contributed by atoms with Crippen LogP contribution in [0.2, 0.25) is 0 Å². The van der Waals surface area contributed by atoms with Crippen LogP contribution in [-0.2, 0) is 47.4 Å². The Bertz CT molecular complexity index is 1950. The molecule has 22 heteroatoms. The van der Waals surface area contributed by atoms with Crippen LogP contribution in [0.15, 0.2) is 23.8 Å². The van der Waals surface area contributed by atoms with Gasteiger partial charge in [-0.05, 0) is 81.5 Å². The molecule has 8 fully saturated rings. The third-order valence-electron chi connectivity index (χ3n) is 19.2. The van der Waals surface area contributed by atoms with Crippen molar-refractivity contribution < 1.29 is 109 Å². The van der Waals surface area contributed by atoms with E-state index in [1.165, 1.54) is 6.92 Å². The smallest absolute Gasteiger partial charge is 0.187 e. The van der Waals surface area contributed by atoms with Crippen molar-refractivity contribution in [2.45, 2.75) is 227 Å². The largest absolute Gasteiger partial charge is 0.394 e. The van der Waals surface area contributed by atoms with E-state index in [0.29, 0.717) is 24.8 Å². The van der Waals surface area contributed by atoms with Gasteiger partial charge in [-0.1, -0.05) is 44.6 Å². The molecule has 73 heavy (non-hydrogen) atoms. The summed E-state index contributed by atoms with van der Waals surface area (Å²) < 4.78 is 62.2. The summed E-state index contributed by atoms with van der Waals surface area (Å²) in [4.78, 5) is 0. The van der Waals surface area contributed by atoms with E-state index in [2.05, 4.69) is 33.4 Å². The van der Waals surface area contributed by atoms with Crippen LogP contribution in [0.5, 0.6) is 0 Å². The fourth-order valence-electron chi connectivity index (χ4n) is 14.9. The highest BCUT2D eigenvalue weighted by atomic mass is 16.8. The summed E-state index contributed by atoms with van der Waals surface area (Å²) >= 11 is 0. The SMILES string of the molecule is C=C(CCC1(OC)OC2CC3C4CC=C5CC(O)CC(OC6OC(C)C(O)C(OC7OCC(O)C(O)C7O)C6OC6OC(C)C(O)C(O)C6O)C5(C)C4CCC3(C)C2C1C)COC1OC(CO)C(O)C(O)C1O. The normalized spacial score (nSPS) is 55.0. The van der Waals surface area contributed by atoms with Gasteiger partial charge in [0.25, 0.3) is 0 Å². The molecule has 418 valence electrons. The topological polar surface area (TPSA) is 335 Å². The summed E-state index contributed by atoms with van der Waals surface area (Å²) in [5, 5.41) is 128. The van der Waals surface area contributed by atoms with E-state index in [0.717, 1.165) is 31.3 Å². The zero-order valence-corrected chi connectivity index (χ0v) is 42.6. The molecule has 30 atom stereocenters. The predicted molar refractivity (Wildman–Crippen MR) is 249 cm³/mol. The quantitative estimate of drug-likeness (QED) is 0.0855. The molecule has 30 unspecified atom stereocenters. The number of hydrogen-bond donors (Lipinski definition) is 12. The molecule has 5 saturated heterocycles. The van der Waals surface area contributed by atoms with E-state index < -0.39 is 153 Å². The lowest BCUT2D eigenvalue weighted by molar-refractivity contribution is -0.391. The van der Waals surface area contributed by atoms with Gasteiger partial charge in [-0.3, -0.25) is 0 Å². The molecule has 0 aromatic rings. The maximum Gasteiger partial charge on any atom is 0.187 e. The van der Waals surface area contributed by atoms with Crippen LogP contribution in [0.1, 0.15) is 86.0 Å². The summed E-state index contributed by atoms with van der Waals surface area (Å²) in [7, 11) is 1.66. The average Bonchev–Trinajstić information content (AvgIpc) is 3.82. The van der Waals surface area contributed by atoms with Gasteiger partial charge in [0.15, 0.2) is 30.9 Å². The van der Waals surface area contributed by atoms with E-state index in [1.807, 2.05) is 0 Å². The van der Waals surface area contributed by atoms with Gasteiger partial charge >= 0.3 is 0 Å². The highest BCUT2D eigenvalue weighted by Crippen LogP contribution is 2.70. The fourth-order valence-corrected chi connectivity index (χ4v) is 14.9. The first-order chi connectivity index (χ1) is 34.5. The number of rotatable bonds is 14. The van der Waals surface area contributed by atoms with Crippen molar-refractivity contribution in [2.75, 3.05) is 26.9 Å². The molecule has 4 aliphatic carbocycles. The zero-order valence-electron chi connectivity index (χ0n) is 42.6. The Labute approximate surface area is 425 Å². The second-order valence-electron chi connectivity index (χ2n) is 23.2. The van der Waals surface area contributed by atoms with Crippen LogP contribution in [0.3, 0.4) is 0 Å². The summed E-state index contributed by atoms with van der Waals surface area (Å²) in [6.45, 7) is 13.1. The first kappa shape index (κ1) is 56.3. The van der Waals surface area contributed by atoms with E-state index in [9.17, 15) is 61.3 Å². The lowest BCUT2D eigenvalue weighted by Gasteiger charge is -2.60. The molecule has 22 nitrogen and oxygen atoms in total. The highest BCUT2D eigenvalue weighted by Gasteiger charge is 2.69. The van der Waals surface area contributed by atoms with Crippen molar-refractivity contribution in [3.05, 3.63) is 23.8 Å². The molecule has 9 rings (SSSR count). The Kier molecular flexibility index (Phi) is 16.7. The number of aliphatic hydroxyl groups is 12. The van der Waals surface area contributed by atoms with Crippen LogP contribution >= 0.6 is 0 Å². The molecule has 0 amide bonds. The molecule has 9 aliphatic rings. The first-order valence-electron chi connectivity index (χ1n) is 26.3. The second-order valence-corrected chi connectivity index (χ2v) is 23.2. The minimum atomic E-state index is -1.77. The minimum Gasteiger partial charge on any atom is -0.394 e. The first-order valence-corrected chi connectivity index (χ1v) is 26.3. The zero-order chi connectivity index (χ0) is 52.8. The molecule has 0 radical (unpaired) electrons. The van der Waals surface area contributed by atoms with E-state index in [1.54, 1.807) is 14.0 Å². The summed E-state index contributed by atoms with van der Waals surface area (Å²) in [6.07, 6.45) is -21.9. The summed E-state index contributed by atoms with van der Waals surface area (Å²) in [5.74, 6) is -0.229. The molecule has 0 aromatic carbocycles. The Balaban J connectivity index is 0.923. The number of hydrogen-bond acceptors (Lipinski definition) is 22. The molecule has 0 bridgehead atoms. The summed E-state index contributed by atoms with van der Waals surface area (Å²) in [5.41, 5.74) is 0.975. The number of methoxy groups -OCH3 is 1. The minimum absolute atomic E-state index is 0.0126. The molecule has 5 heterocycles. The average molecular weight is 1050 g/mol. The number of aliphatic hydroxyl groups excluding tert-OH is 12. The Morgan fingerprint density at radius 3 is 2.10 bits per heavy atom.